The van der Waals surface area contributed by atoms with Crippen LogP contribution in [0.15, 0.2) is 18.2 Å². The SMILES string of the molecule is COCCNc1ccc2c(c1)N(C)C(=O)CCO2. The first-order valence-corrected chi connectivity index (χ1v) is 5.98. The molecule has 1 aliphatic rings. The van der Waals surface area contributed by atoms with Gasteiger partial charge in [-0.15, -0.1) is 0 Å². The molecule has 5 heteroatoms. The van der Waals surface area contributed by atoms with Crippen LogP contribution in [0.2, 0.25) is 0 Å². The van der Waals surface area contributed by atoms with E-state index in [1.807, 2.05) is 18.2 Å². The van der Waals surface area contributed by atoms with Crippen LogP contribution in [-0.4, -0.2) is 39.8 Å². The Morgan fingerprint density at radius 2 is 2.33 bits per heavy atom. The van der Waals surface area contributed by atoms with Crippen molar-refractivity contribution in [2.45, 2.75) is 6.42 Å². The molecule has 0 saturated carbocycles. The van der Waals surface area contributed by atoms with Crippen molar-refractivity contribution in [2.24, 2.45) is 0 Å². The van der Waals surface area contributed by atoms with E-state index in [1.165, 1.54) is 0 Å². The van der Waals surface area contributed by atoms with Crippen molar-refractivity contribution >= 4 is 17.3 Å². The third-order valence-electron chi connectivity index (χ3n) is 2.90. The Balaban J connectivity index is 2.18. The smallest absolute Gasteiger partial charge is 0.230 e. The fourth-order valence-corrected chi connectivity index (χ4v) is 1.86. The zero-order valence-electron chi connectivity index (χ0n) is 10.7. The summed E-state index contributed by atoms with van der Waals surface area (Å²) in [6.45, 7) is 1.81. The Morgan fingerprint density at radius 3 is 3.11 bits per heavy atom. The molecule has 0 radical (unpaired) electrons. The Kier molecular flexibility index (Phi) is 4.04. The lowest BCUT2D eigenvalue weighted by Gasteiger charge is -2.17. The minimum absolute atomic E-state index is 0.0720. The van der Waals surface area contributed by atoms with Crippen LogP contribution in [0.5, 0.6) is 5.75 Å². The van der Waals surface area contributed by atoms with Gasteiger partial charge in [0, 0.05) is 26.4 Å². The highest BCUT2D eigenvalue weighted by Crippen LogP contribution is 2.33. The van der Waals surface area contributed by atoms with E-state index >= 15 is 0 Å². The maximum atomic E-state index is 11.8. The van der Waals surface area contributed by atoms with Crippen LogP contribution in [-0.2, 0) is 9.53 Å². The molecule has 1 heterocycles. The lowest BCUT2D eigenvalue weighted by atomic mass is 10.2. The Hall–Kier alpha value is -1.75. The third-order valence-corrected chi connectivity index (χ3v) is 2.90. The Bertz CT molecular complexity index is 434. The van der Waals surface area contributed by atoms with Crippen LogP contribution < -0.4 is 15.0 Å². The number of nitrogens with zero attached hydrogens (tertiary/aromatic N) is 1. The van der Waals surface area contributed by atoms with Crippen molar-refractivity contribution in [1.82, 2.24) is 0 Å². The van der Waals surface area contributed by atoms with Crippen LogP contribution in [0.3, 0.4) is 0 Å². The predicted molar refractivity (Wildman–Crippen MR) is 70.3 cm³/mol. The first-order chi connectivity index (χ1) is 8.72. The summed E-state index contributed by atoms with van der Waals surface area (Å²) in [5, 5.41) is 3.23. The Morgan fingerprint density at radius 1 is 1.50 bits per heavy atom. The number of hydrogen-bond acceptors (Lipinski definition) is 4. The van der Waals surface area contributed by atoms with Crippen molar-refractivity contribution < 1.29 is 14.3 Å². The van der Waals surface area contributed by atoms with Gasteiger partial charge in [0.2, 0.25) is 5.91 Å². The first kappa shape index (κ1) is 12.7. The third kappa shape index (κ3) is 2.73. The highest BCUT2D eigenvalue weighted by atomic mass is 16.5. The number of benzene rings is 1. The van der Waals surface area contributed by atoms with Crippen molar-refractivity contribution in [2.75, 3.05) is 44.1 Å². The summed E-state index contributed by atoms with van der Waals surface area (Å²) in [4.78, 5) is 13.4. The van der Waals surface area contributed by atoms with E-state index in [0.717, 1.165) is 23.7 Å². The van der Waals surface area contributed by atoms with Crippen LogP contribution >= 0.6 is 0 Å². The number of methoxy groups -OCH3 is 1. The summed E-state index contributed by atoms with van der Waals surface area (Å²) in [5.74, 6) is 0.823. The van der Waals surface area contributed by atoms with Gasteiger partial charge in [0.25, 0.3) is 0 Å². The molecule has 2 rings (SSSR count). The molecule has 0 saturated heterocycles. The fraction of sp³-hybridized carbons (Fsp3) is 0.462. The zero-order valence-corrected chi connectivity index (χ0v) is 10.7. The number of ether oxygens (including phenoxy) is 2. The highest BCUT2D eigenvalue weighted by Gasteiger charge is 2.19. The number of nitrogens with one attached hydrogen (secondary N) is 1. The Labute approximate surface area is 107 Å². The monoisotopic (exact) mass is 250 g/mol. The van der Waals surface area contributed by atoms with Crippen LogP contribution in [0.4, 0.5) is 11.4 Å². The fourth-order valence-electron chi connectivity index (χ4n) is 1.86. The van der Waals surface area contributed by atoms with E-state index in [1.54, 1.807) is 19.1 Å². The van der Waals surface area contributed by atoms with Gasteiger partial charge in [-0.2, -0.15) is 0 Å². The molecule has 5 nitrogen and oxygen atoms in total. The predicted octanol–water partition coefficient (Wildman–Crippen LogP) is 1.49. The zero-order chi connectivity index (χ0) is 13.0. The van der Waals surface area contributed by atoms with E-state index in [4.69, 9.17) is 9.47 Å². The highest BCUT2D eigenvalue weighted by molar-refractivity contribution is 5.95. The number of fused-ring (bicyclic) bond motifs is 1. The number of amides is 1. The van der Waals surface area contributed by atoms with Crippen molar-refractivity contribution in [1.29, 1.82) is 0 Å². The second kappa shape index (κ2) is 5.73. The van der Waals surface area contributed by atoms with Crippen molar-refractivity contribution in [3.63, 3.8) is 0 Å². The molecule has 1 amide bonds. The molecule has 18 heavy (non-hydrogen) atoms. The quantitative estimate of drug-likeness (QED) is 0.823. The van der Waals surface area contributed by atoms with E-state index in [0.29, 0.717) is 19.6 Å². The molecular formula is C13H18N2O3. The average molecular weight is 250 g/mol. The van der Waals surface area contributed by atoms with E-state index in [-0.39, 0.29) is 5.91 Å². The number of anilines is 2. The van der Waals surface area contributed by atoms with Crippen molar-refractivity contribution in [3.8, 4) is 5.75 Å². The lowest BCUT2D eigenvalue weighted by Crippen LogP contribution is -2.25. The molecule has 0 aromatic heterocycles. The summed E-state index contributed by atoms with van der Waals surface area (Å²) in [6, 6.07) is 5.76. The van der Waals surface area contributed by atoms with E-state index in [2.05, 4.69) is 5.32 Å². The molecule has 0 aliphatic carbocycles. The van der Waals surface area contributed by atoms with Gasteiger partial charge < -0.3 is 19.7 Å². The van der Waals surface area contributed by atoms with Gasteiger partial charge in [0.1, 0.15) is 5.75 Å². The molecule has 1 aromatic rings. The topological polar surface area (TPSA) is 50.8 Å². The van der Waals surface area contributed by atoms with Crippen LogP contribution in [0, 0.1) is 0 Å². The molecule has 0 spiro atoms. The normalized spacial score (nSPS) is 14.8. The second-order valence-corrected chi connectivity index (χ2v) is 4.15. The molecule has 1 N–H and O–H groups in total. The van der Waals surface area contributed by atoms with Gasteiger partial charge >= 0.3 is 0 Å². The molecule has 98 valence electrons. The maximum Gasteiger partial charge on any atom is 0.230 e. The van der Waals surface area contributed by atoms with Gasteiger partial charge in [-0.25, -0.2) is 0 Å². The second-order valence-electron chi connectivity index (χ2n) is 4.15. The summed E-state index contributed by atoms with van der Waals surface area (Å²) in [5.41, 5.74) is 1.76. The molecular weight excluding hydrogens is 232 g/mol. The van der Waals surface area contributed by atoms with Crippen molar-refractivity contribution in [3.05, 3.63) is 18.2 Å². The number of hydrogen-bond donors (Lipinski definition) is 1. The first-order valence-electron chi connectivity index (χ1n) is 5.98. The molecule has 0 unspecified atom stereocenters. The summed E-state index contributed by atoms with van der Waals surface area (Å²) in [7, 11) is 3.44. The molecule has 0 bridgehead atoms. The summed E-state index contributed by atoms with van der Waals surface area (Å²) < 4.78 is 10.5. The van der Waals surface area contributed by atoms with Gasteiger partial charge in [0.15, 0.2) is 0 Å². The molecule has 1 aromatic carbocycles. The number of carbonyl (C=O) groups is 1. The van der Waals surface area contributed by atoms with E-state index in [9.17, 15) is 4.79 Å². The lowest BCUT2D eigenvalue weighted by molar-refractivity contribution is -0.118. The summed E-state index contributed by atoms with van der Waals surface area (Å²) >= 11 is 0. The van der Waals surface area contributed by atoms with Gasteiger partial charge in [0.05, 0.1) is 25.3 Å². The van der Waals surface area contributed by atoms with Crippen LogP contribution in [0.1, 0.15) is 6.42 Å². The van der Waals surface area contributed by atoms with Gasteiger partial charge in [-0.1, -0.05) is 0 Å². The largest absolute Gasteiger partial charge is 0.491 e. The average Bonchev–Trinajstić information content (AvgIpc) is 2.51. The number of rotatable bonds is 4. The molecule has 0 fully saturated rings. The maximum absolute atomic E-state index is 11.8. The minimum atomic E-state index is 0.0720. The summed E-state index contributed by atoms with van der Waals surface area (Å²) in [6.07, 6.45) is 0.414. The standard InChI is InChI=1S/C13H18N2O3/c1-15-11-9-10(14-6-8-17-2)3-4-12(11)18-7-5-13(15)16/h3-4,9,14H,5-8H2,1-2H3. The van der Waals surface area contributed by atoms with E-state index < -0.39 is 0 Å². The van der Waals surface area contributed by atoms with Gasteiger partial charge in [-0.3, -0.25) is 4.79 Å². The minimum Gasteiger partial charge on any atom is -0.491 e. The molecule has 1 aliphatic heterocycles. The molecule has 0 atom stereocenters. The van der Waals surface area contributed by atoms with Crippen LogP contribution in [0.25, 0.3) is 0 Å². The van der Waals surface area contributed by atoms with Gasteiger partial charge in [-0.05, 0) is 18.2 Å². The number of carbonyl (C=O) groups excluding carboxylic acids is 1.